The fourth-order valence-corrected chi connectivity index (χ4v) is 1.82. The quantitative estimate of drug-likeness (QED) is 0.589. The molecule has 1 unspecified atom stereocenters. The summed E-state index contributed by atoms with van der Waals surface area (Å²) in [6.07, 6.45) is 1.81. The number of carbonyl (C=O) groups excluding carboxylic acids is 1. The highest BCUT2D eigenvalue weighted by molar-refractivity contribution is 6.18. The van der Waals surface area contributed by atoms with E-state index in [1.165, 1.54) is 0 Å². The van der Waals surface area contributed by atoms with Crippen molar-refractivity contribution in [1.29, 1.82) is 0 Å². The smallest absolute Gasteiger partial charge is 0.188 e. The highest BCUT2D eigenvalue weighted by atomic mass is 35.5. The van der Waals surface area contributed by atoms with Gasteiger partial charge in [-0.3, -0.25) is 4.79 Å². The molecule has 0 aliphatic carbocycles. The van der Waals surface area contributed by atoms with Crippen molar-refractivity contribution in [3.05, 3.63) is 29.3 Å². The van der Waals surface area contributed by atoms with Crippen molar-refractivity contribution in [2.24, 2.45) is 5.92 Å². The van der Waals surface area contributed by atoms with Crippen molar-refractivity contribution < 1.29 is 14.6 Å². The third-order valence-electron chi connectivity index (χ3n) is 2.83. The number of carbonyl (C=O) groups is 1. The van der Waals surface area contributed by atoms with E-state index in [1.54, 1.807) is 12.1 Å². The minimum atomic E-state index is -0.463. The Morgan fingerprint density at radius 1 is 1.47 bits per heavy atom. The number of ether oxygens (including phenoxy) is 1. The molecule has 0 amide bonds. The Balaban J connectivity index is 2.88. The minimum absolute atomic E-state index is 0.266. The van der Waals surface area contributed by atoms with Crippen molar-refractivity contribution >= 4 is 17.4 Å². The van der Waals surface area contributed by atoms with Gasteiger partial charge in [0.15, 0.2) is 5.78 Å². The topological polar surface area (TPSA) is 46.5 Å². The van der Waals surface area contributed by atoms with Crippen LogP contribution in [0.1, 0.15) is 36.2 Å². The van der Waals surface area contributed by atoms with Gasteiger partial charge < -0.3 is 9.84 Å². The molecule has 1 aromatic rings. The summed E-state index contributed by atoms with van der Waals surface area (Å²) in [4.78, 5) is 11.5. The van der Waals surface area contributed by atoms with E-state index in [9.17, 15) is 4.79 Å². The number of aliphatic hydroxyl groups is 1. The maximum Gasteiger partial charge on any atom is 0.188 e. The molecule has 0 aliphatic rings. The molecule has 106 valence electrons. The Morgan fingerprint density at radius 3 is 2.79 bits per heavy atom. The molecule has 0 aliphatic heterocycles. The lowest BCUT2D eigenvalue weighted by Gasteiger charge is -2.14. The molecule has 0 fully saturated rings. The SMILES string of the molecule is CCCc1cc(C(=O)CO)ccc1OCC(C)CCl. The van der Waals surface area contributed by atoms with E-state index in [1.807, 2.05) is 13.0 Å². The zero-order valence-electron chi connectivity index (χ0n) is 11.5. The maximum atomic E-state index is 11.5. The summed E-state index contributed by atoms with van der Waals surface area (Å²) in [7, 11) is 0. The standard InChI is InChI=1S/C15H21ClO3/c1-3-4-13-7-12(14(18)9-17)5-6-15(13)19-10-11(2)8-16/h5-7,11,17H,3-4,8-10H2,1-2H3. The van der Waals surface area contributed by atoms with Gasteiger partial charge in [0.1, 0.15) is 12.4 Å². The molecule has 1 aromatic carbocycles. The molecule has 4 heteroatoms. The summed E-state index contributed by atoms with van der Waals surface area (Å²) in [6, 6.07) is 5.30. The van der Waals surface area contributed by atoms with Gasteiger partial charge in [-0.2, -0.15) is 0 Å². The highest BCUT2D eigenvalue weighted by Crippen LogP contribution is 2.23. The molecular weight excluding hydrogens is 264 g/mol. The molecule has 1 N–H and O–H groups in total. The number of halogens is 1. The Bertz CT molecular complexity index is 418. The van der Waals surface area contributed by atoms with E-state index >= 15 is 0 Å². The van der Waals surface area contributed by atoms with E-state index in [2.05, 4.69) is 6.92 Å². The van der Waals surface area contributed by atoms with Crippen molar-refractivity contribution in [1.82, 2.24) is 0 Å². The van der Waals surface area contributed by atoms with Gasteiger partial charge in [-0.05, 0) is 30.2 Å². The average molecular weight is 285 g/mol. The summed E-state index contributed by atoms with van der Waals surface area (Å²) in [5, 5.41) is 8.89. The first-order valence-electron chi connectivity index (χ1n) is 6.58. The van der Waals surface area contributed by atoms with Crippen molar-refractivity contribution in [2.75, 3.05) is 19.1 Å². The number of rotatable bonds is 8. The number of benzene rings is 1. The van der Waals surface area contributed by atoms with Crippen LogP contribution in [0.5, 0.6) is 5.75 Å². The number of alkyl halides is 1. The minimum Gasteiger partial charge on any atom is -0.493 e. The molecule has 0 spiro atoms. The largest absolute Gasteiger partial charge is 0.493 e. The number of hydrogen-bond acceptors (Lipinski definition) is 3. The summed E-state index contributed by atoms with van der Waals surface area (Å²) in [6.45, 7) is 4.20. The van der Waals surface area contributed by atoms with Crippen LogP contribution in [0.25, 0.3) is 0 Å². The van der Waals surface area contributed by atoms with Gasteiger partial charge in [-0.1, -0.05) is 20.3 Å². The average Bonchev–Trinajstić information content (AvgIpc) is 2.44. The normalized spacial score (nSPS) is 12.2. The van der Waals surface area contributed by atoms with Crippen LogP contribution in [-0.2, 0) is 6.42 Å². The second-order valence-corrected chi connectivity index (χ2v) is 5.03. The van der Waals surface area contributed by atoms with Crippen LogP contribution in [0.3, 0.4) is 0 Å². The fourth-order valence-electron chi connectivity index (χ4n) is 1.73. The molecule has 0 radical (unpaired) electrons. The first-order valence-corrected chi connectivity index (χ1v) is 7.11. The summed E-state index contributed by atoms with van der Waals surface area (Å²) >= 11 is 5.75. The van der Waals surface area contributed by atoms with E-state index < -0.39 is 6.61 Å². The van der Waals surface area contributed by atoms with Crippen molar-refractivity contribution in [2.45, 2.75) is 26.7 Å². The van der Waals surface area contributed by atoms with E-state index in [4.69, 9.17) is 21.4 Å². The number of ketones is 1. The molecule has 1 atom stereocenters. The van der Waals surface area contributed by atoms with Crippen molar-refractivity contribution in [3.8, 4) is 5.75 Å². The number of Topliss-reactive ketones (excluding diaryl/α,β-unsaturated/α-hetero) is 1. The van der Waals surface area contributed by atoms with Crippen LogP contribution in [-0.4, -0.2) is 30.0 Å². The summed E-state index contributed by atoms with van der Waals surface area (Å²) in [5.41, 5.74) is 1.53. The molecule has 19 heavy (non-hydrogen) atoms. The Morgan fingerprint density at radius 2 is 2.21 bits per heavy atom. The summed E-state index contributed by atoms with van der Waals surface area (Å²) < 4.78 is 5.75. The lowest BCUT2D eigenvalue weighted by molar-refractivity contribution is 0.0903. The lowest BCUT2D eigenvalue weighted by atomic mass is 10.0. The molecule has 0 heterocycles. The number of aliphatic hydroxyl groups excluding tert-OH is 1. The van der Waals surface area contributed by atoms with E-state index in [0.717, 1.165) is 24.2 Å². The monoisotopic (exact) mass is 284 g/mol. The first kappa shape index (κ1) is 16.0. The molecule has 1 rings (SSSR count). The second-order valence-electron chi connectivity index (χ2n) is 4.72. The fraction of sp³-hybridized carbons (Fsp3) is 0.533. The second kappa shape index (κ2) is 8.18. The third kappa shape index (κ3) is 4.84. The first-order chi connectivity index (χ1) is 9.12. The van der Waals surface area contributed by atoms with Gasteiger partial charge in [-0.25, -0.2) is 0 Å². The van der Waals surface area contributed by atoms with Gasteiger partial charge in [0.25, 0.3) is 0 Å². The maximum absolute atomic E-state index is 11.5. The molecule has 0 bridgehead atoms. The molecule has 0 saturated carbocycles. The molecular formula is C15H21ClO3. The van der Waals surface area contributed by atoms with Crippen LogP contribution in [0.15, 0.2) is 18.2 Å². The molecule has 0 aromatic heterocycles. The van der Waals surface area contributed by atoms with Gasteiger partial charge in [0, 0.05) is 17.4 Å². The van der Waals surface area contributed by atoms with Crippen LogP contribution < -0.4 is 4.74 Å². The molecule has 0 saturated heterocycles. The number of aryl methyl sites for hydroxylation is 1. The van der Waals surface area contributed by atoms with Gasteiger partial charge in [0.2, 0.25) is 0 Å². The van der Waals surface area contributed by atoms with Crippen LogP contribution >= 0.6 is 11.6 Å². The zero-order chi connectivity index (χ0) is 14.3. The van der Waals surface area contributed by atoms with Crippen molar-refractivity contribution in [3.63, 3.8) is 0 Å². The van der Waals surface area contributed by atoms with Crippen LogP contribution in [0.4, 0.5) is 0 Å². The Hall–Kier alpha value is -1.06. The lowest BCUT2D eigenvalue weighted by Crippen LogP contribution is -2.11. The van der Waals surface area contributed by atoms with E-state index in [-0.39, 0.29) is 11.7 Å². The Kier molecular flexibility index (Phi) is 6.89. The van der Waals surface area contributed by atoms with Crippen LogP contribution in [0, 0.1) is 5.92 Å². The van der Waals surface area contributed by atoms with E-state index in [0.29, 0.717) is 18.1 Å². The van der Waals surface area contributed by atoms with Gasteiger partial charge in [0.05, 0.1) is 6.61 Å². The van der Waals surface area contributed by atoms with Gasteiger partial charge >= 0.3 is 0 Å². The molecule has 3 nitrogen and oxygen atoms in total. The summed E-state index contributed by atoms with van der Waals surface area (Å²) in [5.74, 6) is 1.38. The van der Waals surface area contributed by atoms with Gasteiger partial charge in [-0.15, -0.1) is 11.6 Å². The highest BCUT2D eigenvalue weighted by Gasteiger charge is 2.10. The number of hydrogen-bond donors (Lipinski definition) is 1. The zero-order valence-corrected chi connectivity index (χ0v) is 12.2. The van der Waals surface area contributed by atoms with Crippen LogP contribution in [0.2, 0.25) is 0 Å². The predicted molar refractivity (Wildman–Crippen MR) is 77.2 cm³/mol. The Labute approximate surface area is 119 Å². The third-order valence-corrected chi connectivity index (χ3v) is 3.36. The predicted octanol–water partition coefficient (Wildman–Crippen LogP) is 3.07.